The highest BCUT2D eigenvalue weighted by Crippen LogP contribution is 2.27. The van der Waals surface area contributed by atoms with Crippen LogP contribution in [0.15, 0.2) is 18.3 Å². The Labute approximate surface area is 144 Å². The maximum atomic E-state index is 14.3. The summed E-state index contributed by atoms with van der Waals surface area (Å²) in [4.78, 5) is 11.8. The van der Waals surface area contributed by atoms with Crippen LogP contribution in [0.3, 0.4) is 0 Å². The molecule has 0 saturated heterocycles. The summed E-state index contributed by atoms with van der Waals surface area (Å²) in [7, 11) is 1.27. The van der Waals surface area contributed by atoms with Gasteiger partial charge in [0.1, 0.15) is 5.69 Å². The molecule has 8 heteroatoms. The molecule has 0 unspecified atom stereocenters. The molecular formula is C16H19F2N3O2S. The fourth-order valence-corrected chi connectivity index (χ4v) is 2.52. The zero-order valence-electron chi connectivity index (χ0n) is 13.5. The van der Waals surface area contributed by atoms with Crippen LogP contribution in [0.25, 0.3) is 5.69 Å². The van der Waals surface area contributed by atoms with Gasteiger partial charge in [-0.05, 0) is 12.2 Å². The van der Waals surface area contributed by atoms with Crippen molar-refractivity contribution in [2.75, 3.05) is 18.2 Å². The quantitative estimate of drug-likeness (QED) is 0.749. The number of amides is 1. The second kappa shape index (κ2) is 8.14. The standard InChI is InChI=1S/C16H19F2N3O2S/c1-3-4-13-12(20-16(22)5-6-24)9-19-21(13)14-7-11(18)15(23-2)8-10(14)17/h7-9,24H,3-6H2,1-2H3,(H,20,22). The largest absolute Gasteiger partial charge is 0.494 e. The predicted octanol–water partition coefficient (Wildman–Crippen LogP) is 3.37. The lowest BCUT2D eigenvalue weighted by Gasteiger charge is -2.12. The molecule has 0 spiro atoms. The zero-order valence-corrected chi connectivity index (χ0v) is 14.4. The molecule has 0 atom stereocenters. The zero-order chi connectivity index (χ0) is 17.7. The number of benzene rings is 1. The Hall–Kier alpha value is -2.09. The topological polar surface area (TPSA) is 56.2 Å². The molecule has 1 aromatic carbocycles. The fraction of sp³-hybridized carbons (Fsp3) is 0.375. The van der Waals surface area contributed by atoms with Crippen LogP contribution in [0, 0.1) is 11.6 Å². The van der Waals surface area contributed by atoms with E-state index in [0.717, 1.165) is 18.6 Å². The van der Waals surface area contributed by atoms with E-state index < -0.39 is 11.6 Å². The third-order valence-corrected chi connectivity index (χ3v) is 3.64. The van der Waals surface area contributed by atoms with Gasteiger partial charge >= 0.3 is 0 Å². The number of ether oxygens (including phenoxy) is 1. The van der Waals surface area contributed by atoms with Crippen LogP contribution in [0.5, 0.6) is 5.75 Å². The molecule has 0 saturated carbocycles. The van der Waals surface area contributed by atoms with Crippen LogP contribution in [-0.2, 0) is 11.2 Å². The Morgan fingerprint density at radius 2 is 2.12 bits per heavy atom. The number of hydrogen-bond donors (Lipinski definition) is 2. The van der Waals surface area contributed by atoms with Crippen molar-refractivity contribution in [2.45, 2.75) is 26.2 Å². The molecule has 0 aliphatic rings. The van der Waals surface area contributed by atoms with Gasteiger partial charge in [-0.2, -0.15) is 17.7 Å². The van der Waals surface area contributed by atoms with E-state index in [0.29, 0.717) is 23.6 Å². The van der Waals surface area contributed by atoms with E-state index >= 15 is 0 Å². The molecule has 0 bridgehead atoms. The first-order valence-electron chi connectivity index (χ1n) is 7.52. The van der Waals surface area contributed by atoms with Gasteiger partial charge in [0.15, 0.2) is 17.4 Å². The average Bonchev–Trinajstić information content (AvgIpc) is 2.92. The van der Waals surface area contributed by atoms with Gasteiger partial charge < -0.3 is 10.1 Å². The van der Waals surface area contributed by atoms with Gasteiger partial charge in [0.2, 0.25) is 5.91 Å². The van der Waals surface area contributed by atoms with Gasteiger partial charge in [-0.3, -0.25) is 4.79 Å². The lowest BCUT2D eigenvalue weighted by atomic mass is 10.2. The number of halogens is 2. The molecule has 1 amide bonds. The summed E-state index contributed by atoms with van der Waals surface area (Å²) in [5.41, 5.74) is 1.05. The first kappa shape index (κ1) is 18.3. The Morgan fingerprint density at radius 1 is 1.38 bits per heavy atom. The number of carbonyl (C=O) groups excluding carboxylic acids is 1. The monoisotopic (exact) mass is 355 g/mol. The summed E-state index contributed by atoms with van der Waals surface area (Å²) in [6.07, 6.45) is 2.99. The average molecular weight is 355 g/mol. The predicted molar refractivity (Wildman–Crippen MR) is 91.1 cm³/mol. The van der Waals surface area contributed by atoms with E-state index in [1.807, 2.05) is 6.92 Å². The number of thiol groups is 1. The minimum atomic E-state index is -0.687. The number of carbonyl (C=O) groups is 1. The summed E-state index contributed by atoms with van der Waals surface area (Å²) in [6.45, 7) is 1.95. The molecule has 1 aromatic heterocycles. The van der Waals surface area contributed by atoms with Crippen molar-refractivity contribution >= 4 is 24.2 Å². The molecule has 0 radical (unpaired) electrons. The summed E-state index contributed by atoms with van der Waals surface area (Å²) < 4.78 is 34.3. The third kappa shape index (κ3) is 3.87. The molecule has 130 valence electrons. The van der Waals surface area contributed by atoms with E-state index in [1.54, 1.807) is 0 Å². The lowest BCUT2D eigenvalue weighted by molar-refractivity contribution is -0.115. The van der Waals surface area contributed by atoms with Crippen molar-refractivity contribution in [1.82, 2.24) is 9.78 Å². The number of methoxy groups -OCH3 is 1. The van der Waals surface area contributed by atoms with Crippen molar-refractivity contribution < 1.29 is 18.3 Å². The van der Waals surface area contributed by atoms with Crippen LogP contribution in [-0.4, -0.2) is 28.6 Å². The van der Waals surface area contributed by atoms with Crippen molar-refractivity contribution in [3.63, 3.8) is 0 Å². The SMILES string of the molecule is CCCc1c(NC(=O)CCS)cnn1-c1cc(F)c(OC)cc1F. The fourth-order valence-electron chi connectivity index (χ4n) is 2.31. The summed E-state index contributed by atoms with van der Waals surface area (Å²) in [5.74, 6) is -1.32. The van der Waals surface area contributed by atoms with Gasteiger partial charge in [0.05, 0.1) is 24.7 Å². The smallest absolute Gasteiger partial charge is 0.225 e. The number of aromatic nitrogens is 2. The Kier molecular flexibility index (Phi) is 6.19. The van der Waals surface area contributed by atoms with Crippen LogP contribution in [0.2, 0.25) is 0 Å². The number of nitrogens with zero attached hydrogens (tertiary/aromatic N) is 2. The van der Waals surface area contributed by atoms with Crippen LogP contribution in [0.1, 0.15) is 25.5 Å². The molecular weight excluding hydrogens is 336 g/mol. The van der Waals surface area contributed by atoms with Gasteiger partial charge in [-0.1, -0.05) is 13.3 Å². The second-order valence-corrected chi connectivity index (χ2v) is 5.57. The maximum absolute atomic E-state index is 14.3. The maximum Gasteiger partial charge on any atom is 0.225 e. The van der Waals surface area contributed by atoms with E-state index in [-0.39, 0.29) is 23.8 Å². The highest BCUT2D eigenvalue weighted by atomic mass is 32.1. The molecule has 0 fully saturated rings. The Bertz CT molecular complexity index is 734. The summed E-state index contributed by atoms with van der Waals surface area (Å²) in [5, 5.41) is 6.84. The molecule has 0 aliphatic carbocycles. The third-order valence-electron chi connectivity index (χ3n) is 3.42. The van der Waals surface area contributed by atoms with E-state index in [1.165, 1.54) is 18.0 Å². The van der Waals surface area contributed by atoms with Crippen LogP contribution in [0.4, 0.5) is 14.5 Å². The minimum absolute atomic E-state index is 0.0357. The van der Waals surface area contributed by atoms with Gasteiger partial charge in [-0.15, -0.1) is 0 Å². The van der Waals surface area contributed by atoms with E-state index in [4.69, 9.17) is 4.74 Å². The number of hydrogen-bond acceptors (Lipinski definition) is 4. The summed E-state index contributed by atoms with van der Waals surface area (Å²) >= 11 is 4.01. The highest BCUT2D eigenvalue weighted by Gasteiger charge is 2.18. The minimum Gasteiger partial charge on any atom is -0.494 e. The number of rotatable bonds is 7. The molecule has 24 heavy (non-hydrogen) atoms. The number of nitrogens with one attached hydrogen (secondary N) is 1. The highest BCUT2D eigenvalue weighted by molar-refractivity contribution is 7.80. The van der Waals surface area contributed by atoms with Gasteiger partial charge in [0, 0.05) is 18.6 Å². The molecule has 2 aromatic rings. The first-order valence-corrected chi connectivity index (χ1v) is 8.16. The molecule has 1 heterocycles. The van der Waals surface area contributed by atoms with Crippen molar-refractivity contribution in [2.24, 2.45) is 0 Å². The Balaban J connectivity index is 2.45. The number of anilines is 1. The molecule has 5 nitrogen and oxygen atoms in total. The first-order chi connectivity index (χ1) is 11.5. The van der Waals surface area contributed by atoms with Crippen molar-refractivity contribution in [3.8, 4) is 11.4 Å². The Morgan fingerprint density at radius 3 is 2.75 bits per heavy atom. The lowest BCUT2D eigenvalue weighted by Crippen LogP contribution is -2.14. The van der Waals surface area contributed by atoms with Crippen LogP contribution < -0.4 is 10.1 Å². The van der Waals surface area contributed by atoms with Gasteiger partial charge in [-0.25, -0.2) is 13.5 Å². The summed E-state index contributed by atoms with van der Waals surface area (Å²) in [6, 6.07) is 2.00. The van der Waals surface area contributed by atoms with Crippen LogP contribution >= 0.6 is 12.6 Å². The molecule has 1 N–H and O–H groups in total. The van der Waals surface area contributed by atoms with E-state index in [2.05, 4.69) is 23.0 Å². The van der Waals surface area contributed by atoms with Crippen molar-refractivity contribution in [1.29, 1.82) is 0 Å². The second-order valence-electron chi connectivity index (χ2n) is 5.13. The van der Waals surface area contributed by atoms with Crippen molar-refractivity contribution in [3.05, 3.63) is 35.7 Å². The van der Waals surface area contributed by atoms with E-state index in [9.17, 15) is 13.6 Å². The molecule has 2 rings (SSSR count). The normalized spacial score (nSPS) is 10.7. The molecule has 0 aliphatic heterocycles. The van der Waals surface area contributed by atoms with Gasteiger partial charge in [0.25, 0.3) is 0 Å².